The van der Waals surface area contributed by atoms with Crippen LogP contribution in [-0.4, -0.2) is 84.0 Å². The van der Waals surface area contributed by atoms with E-state index >= 15 is 0 Å². The average Bonchev–Trinajstić information content (AvgIpc) is 3.00. The second kappa shape index (κ2) is 15.5. The van der Waals surface area contributed by atoms with E-state index in [2.05, 4.69) is 10.6 Å². The van der Waals surface area contributed by atoms with Crippen LogP contribution in [0.25, 0.3) is 10.8 Å². The second-order valence-corrected chi connectivity index (χ2v) is 11.8. The molecule has 3 aromatic carbocycles. The summed E-state index contributed by atoms with van der Waals surface area (Å²) >= 11 is 0. The standard InChI is InChI=1S/C35H46N4O4/c1-25(40)24-37-35(2,3)20-12-17-32(41)38(5)31(23-27-18-19-28-15-10-11-16-29(28)21-27)34(43)39(6)30(33(42)36-4)22-26-13-8-7-9-14-26/h7-19,21,25,30-31,37,40H,20,22-24H2,1-6H3,(H,36,42)/b17-12+. The topological polar surface area (TPSA) is 102 Å². The van der Waals surface area contributed by atoms with Gasteiger partial charge in [-0.25, -0.2) is 0 Å². The summed E-state index contributed by atoms with van der Waals surface area (Å²) in [5.41, 5.74) is 1.52. The fourth-order valence-corrected chi connectivity index (χ4v) is 5.00. The first-order chi connectivity index (χ1) is 20.4. The molecule has 0 aliphatic carbocycles. The van der Waals surface area contributed by atoms with E-state index in [0.29, 0.717) is 19.4 Å². The fraction of sp³-hybridized carbons (Fsp3) is 0.400. The van der Waals surface area contributed by atoms with Gasteiger partial charge in [0.2, 0.25) is 17.7 Å². The second-order valence-electron chi connectivity index (χ2n) is 11.8. The maximum Gasteiger partial charge on any atom is 0.246 e. The Labute approximate surface area is 255 Å². The highest BCUT2D eigenvalue weighted by atomic mass is 16.3. The third kappa shape index (κ3) is 9.76. The predicted molar refractivity (Wildman–Crippen MR) is 173 cm³/mol. The Morgan fingerprint density at radius 3 is 2.14 bits per heavy atom. The molecule has 0 spiro atoms. The van der Waals surface area contributed by atoms with Crippen molar-refractivity contribution in [2.24, 2.45) is 0 Å². The lowest BCUT2D eigenvalue weighted by Crippen LogP contribution is -2.55. The van der Waals surface area contributed by atoms with Gasteiger partial charge in [-0.3, -0.25) is 14.4 Å². The number of nitrogens with zero attached hydrogens (tertiary/aromatic N) is 2. The quantitative estimate of drug-likeness (QED) is 0.250. The summed E-state index contributed by atoms with van der Waals surface area (Å²) < 4.78 is 0. The summed E-state index contributed by atoms with van der Waals surface area (Å²) in [5, 5.41) is 17.7. The van der Waals surface area contributed by atoms with Crippen LogP contribution in [0.5, 0.6) is 0 Å². The molecule has 3 N–H and O–H groups in total. The number of hydrogen-bond donors (Lipinski definition) is 3. The van der Waals surface area contributed by atoms with Crippen LogP contribution in [0.2, 0.25) is 0 Å². The largest absolute Gasteiger partial charge is 0.392 e. The van der Waals surface area contributed by atoms with Crippen LogP contribution < -0.4 is 10.6 Å². The van der Waals surface area contributed by atoms with E-state index in [1.807, 2.05) is 86.6 Å². The minimum absolute atomic E-state index is 0.273. The van der Waals surface area contributed by atoms with E-state index in [1.165, 1.54) is 15.9 Å². The Morgan fingerprint density at radius 2 is 1.49 bits per heavy atom. The molecule has 8 heteroatoms. The van der Waals surface area contributed by atoms with E-state index in [0.717, 1.165) is 21.9 Å². The lowest BCUT2D eigenvalue weighted by molar-refractivity contribution is -0.146. The third-order valence-electron chi connectivity index (χ3n) is 7.74. The first-order valence-corrected chi connectivity index (χ1v) is 14.8. The lowest BCUT2D eigenvalue weighted by atomic mass is 9.98. The molecular formula is C35H46N4O4. The fourth-order valence-electron chi connectivity index (χ4n) is 5.00. The molecule has 0 aliphatic heterocycles. The van der Waals surface area contributed by atoms with E-state index in [-0.39, 0.29) is 29.7 Å². The van der Waals surface area contributed by atoms with E-state index in [9.17, 15) is 19.5 Å². The molecule has 3 unspecified atom stereocenters. The molecule has 0 saturated heterocycles. The zero-order valence-electron chi connectivity index (χ0n) is 26.2. The van der Waals surface area contributed by atoms with Gasteiger partial charge in [0.1, 0.15) is 12.1 Å². The SMILES string of the molecule is CNC(=O)C(Cc1ccccc1)N(C)C(=O)C(Cc1ccc2ccccc2c1)N(C)C(=O)/C=C/CC(C)(C)NCC(C)O. The third-order valence-corrected chi connectivity index (χ3v) is 7.74. The maximum atomic E-state index is 14.2. The smallest absolute Gasteiger partial charge is 0.246 e. The number of rotatable bonds is 14. The maximum absolute atomic E-state index is 14.2. The van der Waals surface area contributed by atoms with Crippen LogP contribution in [0, 0.1) is 0 Å². The highest BCUT2D eigenvalue weighted by Crippen LogP contribution is 2.20. The molecule has 0 heterocycles. The molecular weight excluding hydrogens is 540 g/mol. The number of carbonyl (C=O) groups excluding carboxylic acids is 3. The van der Waals surface area contributed by atoms with Crippen LogP contribution >= 0.6 is 0 Å². The average molecular weight is 587 g/mol. The first-order valence-electron chi connectivity index (χ1n) is 14.8. The summed E-state index contributed by atoms with van der Waals surface area (Å²) in [6.07, 6.45) is 3.99. The molecule has 8 nitrogen and oxygen atoms in total. The van der Waals surface area contributed by atoms with Crippen LogP contribution in [-0.2, 0) is 27.2 Å². The Balaban J connectivity index is 1.88. The van der Waals surface area contributed by atoms with Crippen LogP contribution in [0.3, 0.4) is 0 Å². The van der Waals surface area contributed by atoms with Crippen molar-refractivity contribution in [3.63, 3.8) is 0 Å². The van der Waals surface area contributed by atoms with Gasteiger partial charge in [-0.2, -0.15) is 0 Å². The van der Waals surface area contributed by atoms with E-state index in [1.54, 1.807) is 34.1 Å². The monoisotopic (exact) mass is 586 g/mol. The zero-order valence-corrected chi connectivity index (χ0v) is 26.2. The van der Waals surface area contributed by atoms with Crippen LogP contribution in [0.4, 0.5) is 0 Å². The number of hydrogen-bond acceptors (Lipinski definition) is 5. The Kier molecular flexibility index (Phi) is 12.0. The Morgan fingerprint density at radius 1 is 0.860 bits per heavy atom. The molecule has 0 fully saturated rings. The highest BCUT2D eigenvalue weighted by molar-refractivity contribution is 5.95. The molecule has 0 aromatic heterocycles. The number of β-amino-alcohol motifs (C(OH)–C–C–N with tert-alkyl or cyclic N) is 1. The summed E-state index contributed by atoms with van der Waals surface area (Å²) in [6, 6.07) is 22.0. The minimum atomic E-state index is -0.840. The number of aliphatic hydroxyl groups excluding tert-OH is 1. The van der Waals surface area contributed by atoms with Crippen molar-refractivity contribution in [3.05, 3.63) is 96.1 Å². The number of benzene rings is 3. The van der Waals surface area contributed by atoms with Gasteiger partial charge in [-0.05, 0) is 55.2 Å². The molecule has 230 valence electrons. The van der Waals surface area contributed by atoms with Gasteiger partial charge in [-0.1, -0.05) is 78.9 Å². The van der Waals surface area contributed by atoms with Gasteiger partial charge in [0.05, 0.1) is 6.10 Å². The summed E-state index contributed by atoms with van der Waals surface area (Å²) in [7, 11) is 4.82. The van der Waals surface area contributed by atoms with Gasteiger partial charge >= 0.3 is 0 Å². The molecule has 0 aliphatic rings. The van der Waals surface area contributed by atoms with Gasteiger partial charge in [0.25, 0.3) is 0 Å². The van der Waals surface area contributed by atoms with Crippen molar-refractivity contribution in [3.8, 4) is 0 Å². The molecule has 0 radical (unpaired) electrons. The number of carbonyl (C=O) groups is 3. The first kappa shape index (κ1) is 33.5. The minimum Gasteiger partial charge on any atom is -0.392 e. The van der Waals surface area contributed by atoms with Gasteiger partial charge < -0.3 is 25.5 Å². The summed E-state index contributed by atoms with van der Waals surface area (Å²) in [4.78, 5) is 43.6. The zero-order chi connectivity index (χ0) is 31.6. The normalized spacial score (nSPS) is 13.8. The van der Waals surface area contributed by atoms with E-state index in [4.69, 9.17) is 0 Å². The lowest BCUT2D eigenvalue weighted by Gasteiger charge is -2.34. The van der Waals surface area contributed by atoms with Gasteiger partial charge in [0.15, 0.2) is 0 Å². The van der Waals surface area contributed by atoms with Crippen molar-refractivity contribution in [2.45, 2.75) is 63.8 Å². The Bertz CT molecular complexity index is 1400. The van der Waals surface area contributed by atoms with Gasteiger partial charge in [0, 0.05) is 46.1 Å². The number of nitrogens with one attached hydrogen (secondary N) is 2. The molecule has 3 atom stereocenters. The molecule has 3 aromatic rings. The van der Waals surface area contributed by atoms with Gasteiger partial charge in [-0.15, -0.1) is 0 Å². The highest BCUT2D eigenvalue weighted by Gasteiger charge is 2.34. The molecule has 3 amide bonds. The molecule has 43 heavy (non-hydrogen) atoms. The van der Waals surface area contributed by atoms with Crippen LogP contribution in [0.15, 0.2) is 84.9 Å². The van der Waals surface area contributed by atoms with E-state index < -0.39 is 18.2 Å². The number of likely N-dealkylation sites (N-methyl/N-ethyl adjacent to an activating group) is 3. The summed E-state index contributed by atoms with van der Waals surface area (Å²) in [5.74, 6) is -0.899. The van der Waals surface area contributed by atoms with Crippen molar-refractivity contribution in [1.82, 2.24) is 20.4 Å². The molecule has 0 saturated carbocycles. The van der Waals surface area contributed by atoms with Crippen LogP contribution in [0.1, 0.15) is 38.3 Å². The van der Waals surface area contributed by atoms with Crippen molar-refractivity contribution < 1.29 is 19.5 Å². The summed E-state index contributed by atoms with van der Waals surface area (Å²) in [6.45, 7) is 6.16. The number of aliphatic hydroxyl groups is 1. The molecule has 0 bridgehead atoms. The molecule has 3 rings (SSSR count). The Hall–Kier alpha value is -4.01. The number of amides is 3. The van der Waals surface area contributed by atoms with Crippen molar-refractivity contribution in [1.29, 1.82) is 0 Å². The predicted octanol–water partition coefficient (Wildman–Crippen LogP) is 3.72. The van der Waals surface area contributed by atoms with Crippen molar-refractivity contribution >= 4 is 28.5 Å². The van der Waals surface area contributed by atoms with Crippen molar-refractivity contribution in [2.75, 3.05) is 27.7 Å². The number of fused-ring (bicyclic) bond motifs is 1.